The van der Waals surface area contributed by atoms with E-state index in [-0.39, 0.29) is 0 Å². The molecule has 21 heavy (non-hydrogen) atoms. The van der Waals surface area contributed by atoms with Gasteiger partial charge in [0.15, 0.2) is 0 Å². The summed E-state index contributed by atoms with van der Waals surface area (Å²) < 4.78 is 6.02. The Morgan fingerprint density at radius 1 is 0.857 bits per heavy atom. The fourth-order valence-electron chi connectivity index (χ4n) is 2.56. The number of hydrogen-bond acceptors (Lipinski definition) is 1. The highest BCUT2D eigenvalue weighted by atomic mass is 16.5. The Hall–Kier alpha value is -1.80. The van der Waals surface area contributed by atoms with E-state index in [0.29, 0.717) is 0 Å². The van der Waals surface area contributed by atoms with Crippen LogP contribution < -0.4 is 9.64 Å². The van der Waals surface area contributed by atoms with Crippen LogP contribution in [0.2, 0.25) is 0 Å². The van der Waals surface area contributed by atoms with Crippen LogP contribution >= 0.6 is 0 Å². The number of rotatable bonds is 8. The molecule has 0 saturated carbocycles. The average Bonchev–Trinajstić information content (AvgIpc) is 2.56. The van der Waals surface area contributed by atoms with Crippen molar-refractivity contribution in [2.75, 3.05) is 26.2 Å². The quantitative estimate of drug-likeness (QED) is 0.736. The largest absolute Gasteiger partial charge is 0.493 e. The lowest BCUT2D eigenvalue weighted by molar-refractivity contribution is -0.896. The third-order valence-electron chi connectivity index (χ3n) is 3.90. The molecule has 2 aromatic rings. The molecular formula is C19H26NO+. The lowest BCUT2D eigenvalue weighted by Gasteiger charge is -2.16. The van der Waals surface area contributed by atoms with Crippen LogP contribution in [0.1, 0.15) is 20.3 Å². The summed E-state index contributed by atoms with van der Waals surface area (Å²) in [4.78, 5) is 1.63. The smallest absolute Gasteiger partial charge is 0.127 e. The Balaban J connectivity index is 1.95. The van der Waals surface area contributed by atoms with Gasteiger partial charge in [-0.05, 0) is 25.5 Å². The van der Waals surface area contributed by atoms with Crippen LogP contribution in [-0.4, -0.2) is 26.2 Å². The predicted octanol–water partition coefficient (Wildman–Crippen LogP) is 3.05. The molecule has 0 fully saturated rings. The SMILES string of the molecule is CC[NH+](CC)CCCOc1ccccc1-c1ccccc1. The molecule has 112 valence electrons. The van der Waals surface area contributed by atoms with Crippen LogP contribution in [0.4, 0.5) is 0 Å². The van der Waals surface area contributed by atoms with Crippen molar-refractivity contribution in [1.29, 1.82) is 0 Å². The Labute approximate surface area is 128 Å². The summed E-state index contributed by atoms with van der Waals surface area (Å²) in [6.07, 6.45) is 1.10. The van der Waals surface area contributed by atoms with Crippen molar-refractivity contribution >= 4 is 0 Å². The highest BCUT2D eigenvalue weighted by Crippen LogP contribution is 2.29. The van der Waals surface area contributed by atoms with Crippen molar-refractivity contribution in [3.05, 3.63) is 54.6 Å². The summed E-state index contributed by atoms with van der Waals surface area (Å²) in [6.45, 7) is 8.83. The number of para-hydroxylation sites is 1. The van der Waals surface area contributed by atoms with Crippen LogP contribution in [0.3, 0.4) is 0 Å². The van der Waals surface area contributed by atoms with Crippen LogP contribution in [0.25, 0.3) is 11.1 Å². The molecule has 0 heterocycles. The van der Waals surface area contributed by atoms with Gasteiger partial charge in [-0.15, -0.1) is 0 Å². The maximum atomic E-state index is 6.02. The zero-order valence-electron chi connectivity index (χ0n) is 13.1. The second-order valence-electron chi connectivity index (χ2n) is 5.27. The molecule has 0 aliphatic carbocycles. The van der Waals surface area contributed by atoms with Gasteiger partial charge < -0.3 is 9.64 Å². The van der Waals surface area contributed by atoms with Gasteiger partial charge in [0.25, 0.3) is 0 Å². The molecule has 0 spiro atoms. The van der Waals surface area contributed by atoms with E-state index in [2.05, 4.69) is 56.3 Å². The first kappa shape index (κ1) is 15.6. The molecule has 0 atom stereocenters. The van der Waals surface area contributed by atoms with E-state index in [4.69, 9.17) is 4.74 Å². The van der Waals surface area contributed by atoms with Gasteiger partial charge in [-0.2, -0.15) is 0 Å². The van der Waals surface area contributed by atoms with Crippen molar-refractivity contribution in [3.63, 3.8) is 0 Å². The molecule has 0 aliphatic heterocycles. The van der Waals surface area contributed by atoms with Crippen molar-refractivity contribution in [1.82, 2.24) is 0 Å². The minimum Gasteiger partial charge on any atom is -0.493 e. The Bertz CT molecular complexity index is 520. The van der Waals surface area contributed by atoms with Gasteiger partial charge in [0, 0.05) is 12.0 Å². The van der Waals surface area contributed by atoms with Crippen LogP contribution in [0, 0.1) is 0 Å². The van der Waals surface area contributed by atoms with Crippen LogP contribution in [-0.2, 0) is 0 Å². The molecule has 2 rings (SSSR count). The Morgan fingerprint density at radius 2 is 1.52 bits per heavy atom. The van der Waals surface area contributed by atoms with Gasteiger partial charge >= 0.3 is 0 Å². The van der Waals surface area contributed by atoms with Crippen molar-refractivity contribution in [3.8, 4) is 16.9 Å². The molecule has 0 saturated heterocycles. The molecule has 0 amide bonds. The minimum absolute atomic E-state index is 0.785. The second kappa shape index (κ2) is 8.48. The van der Waals surface area contributed by atoms with E-state index < -0.39 is 0 Å². The molecule has 0 bridgehead atoms. The zero-order chi connectivity index (χ0) is 14.9. The summed E-state index contributed by atoms with van der Waals surface area (Å²) >= 11 is 0. The van der Waals surface area contributed by atoms with E-state index in [1.54, 1.807) is 4.90 Å². The first-order valence-electron chi connectivity index (χ1n) is 7.96. The van der Waals surface area contributed by atoms with Gasteiger partial charge in [0.05, 0.1) is 26.2 Å². The summed E-state index contributed by atoms with van der Waals surface area (Å²) in [6, 6.07) is 18.7. The maximum Gasteiger partial charge on any atom is 0.127 e. The summed E-state index contributed by atoms with van der Waals surface area (Å²) in [5, 5.41) is 0. The van der Waals surface area contributed by atoms with E-state index in [1.165, 1.54) is 30.8 Å². The predicted molar refractivity (Wildman–Crippen MR) is 88.9 cm³/mol. The lowest BCUT2D eigenvalue weighted by Crippen LogP contribution is -3.11. The summed E-state index contributed by atoms with van der Waals surface area (Å²) in [7, 11) is 0. The topological polar surface area (TPSA) is 13.7 Å². The first-order valence-corrected chi connectivity index (χ1v) is 7.96. The molecule has 2 nitrogen and oxygen atoms in total. The number of ether oxygens (including phenoxy) is 1. The van der Waals surface area contributed by atoms with Gasteiger partial charge in [0.2, 0.25) is 0 Å². The van der Waals surface area contributed by atoms with Gasteiger partial charge in [-0.25, -0.2) is 0 Å². The van der Waals surface area contributed by atoms with Crippen molar-refractivity contribution in [2.45, 2.75) is 20.3 Å². The summed E-state index contributed by atoms with van der Waals surface area (Å²) in [5.74, 6) is 0.984. The molecule has 2 aromatic carbocycles. The molecular weight excluding hydrogens is 258 g/mol. The number of nitrogens with one attached hydrogen (secondary N) is 1. The average molecular weight is 284 g/mol. The molecule has 0 aliphatic rings. The third kappa shape index (κ3) is 4.61. The monoisotopic (exact) mass is 284 g/mol. The normalized spacial score (nSPS) is 10.8. The number of benzene rings is 2. The number of hydrogen-bond donors (Lipinski definition) is 1. The van der Waals surface area contributed by atoms with Crippen molar-refractivity contribution < 1.29 is 9.64 Å². The van der Waals surface area contributed by atoms with Crippen LogP contribution in [0.5, 0.6) is 5.75 Å². The maximum absolute atomic E-state index is 6.02. The van der Waals surface area contributed by atoms with Crippen molar-refractivity contribution in [2.24, 2.45) is 0 Å². The fourth-order valence-corrected chi connectivity index (χ4v) is 2.56. The van der Waals surface area contributed by atoms with Crippen LogP contribution in [0.15, 0.2) is 54.6 Å². The third-order valence-corrected chi connectivity index (χ3v) is 3.90. The summed E-state index contributed by atoms with van der Waals surface area (Å²) in [5.41, 5.74) is 2.38. The molecule has 0 radical (unpaired) electrons. The fraction of sp³-hybridized carbons (Fsp3) is 0.368. The van der Waals surface area contributed by atoms with E-state index >= 15 is 0 Å². The van der Waals surface area contributed by atoms with E-state index in [0.717, 1.165) is 18.8 Å². The molecule has 2 heteroatoms. The van der Waals surface area contributed by atoms with Gasteiger partial charge in [0.1, 0.15) is 5.75 Å². The lowest BCUT2D eigenvalue weighted by atomic mass is 10.1. The van der Waals surface area contributed by atoms with E-state index in [9.17, 15) is 0 Å². The van der Waals surface area contributed by atoms with Gasteiger partial charge in [-0.3, -0.25) is 0 Å². The Morgan fingerprint density at radius 3 is 2.24 bits per heavy atom. The minimum atomic E-state index is 0.785. The first-order chi connectivity index (χ1) is 10.3. The Kier molecular flexibility index (Phi) is 6.29. The standard InChI is InChI=1S/C19H25NO/c1-3-20(4-2)15-10-16-21-19-14-9-8-13-18(19)17-11-6-5-7-12-17/h5-9,11-14H,3-4,10,15-16H2,1-2H3/p+1. The molecule has 0 aromatic heterocycles. The zero-order valence-corrected chi connectivity index (χ0v) is 13.1. The highest BCUT2D eigenvalue weighted by molar-refractivity contribution is 5.70. The van der Waals surface area contributed by atoms with E-state index in [1.807, 2.05) is 12.1 Å². The number of quaternary nitrogens is 1. The molecule has 0 unspecified atom stereocenters. The highest BCUT2D eigenvalue weighted by Gasteiger charge is 2.06. The second-order valence-corrected chi connectivity index (χ2v) is 5.27. The molecule has 1 N–H and O–H groups in total. The van der Waals surface area contributed by atoms with Gasteiger partial charge in [-0.1, -0.05) is 48.5 Å².